The summed E-state index contributed by atoms with van der Waals surface area (Å²) in [6, 6.07) is 0. The van der Waals surface area contributed by atoms with Crippen LogP contribution in [0.1, 0.15) is 32.1 Å². The third-order valence-electron chi connectivity index (χ3n) is 3.37. The largest absolute Gasteiger partial charge is 0.481 e. The zero-order valence-electron chi connectivity index (χ0n) is 10.3. The summed E-state index contributed by atoms with van der Waals surface area (Å²) in [7, 11) is 0. The van der Waals surface area contributed by atoms with Gasteiger partial charge < -0.3 is 19.5 Å². The number of amides is 1. The second kappa shape index (κ2) is 6.04. The number of cyclic esters (lactones) is 1. The van der Waals surface area contributed by atoms with E-state index in [9.17, 15) is 9.59 Å². The molecule has 102 valence electrons. The van der Waals surface area contributed by atoms with Crippen LogP contribution in [-0.4, -0.2) is 54.0 Å². The van der Waals surface area contributed by atoms with Gasteiger partial charge in [-0.3, -0.25) is 4.79 Å². The Morgan fingerprint density at radius 3 is 2.83 bits per heavy atom. The molecule has 2 heterocycles. The minimum atomic E-state index is -0.854. The minimum absolute atomic E-state index is 0.0453. The van der Waals surface area contributed by atoms with E-state index >= 15 is 0 Å². The zero-order valence-corrected chi connectivity index (χ0v) is 10.3. The number of hydrogen-bond acceptors (Lipinski definition) is 4. The van der Waals surface area contributed by atoms with Gasteiger partial charge in [-0.05, 0) is 19.3 Å². The summed E-state index contributed by atoms with van der Waals surface area (Å²) in [5, 5.41) is 8.58. The predicted molar refractivity (Wildman–Crippen MR) is 62.3 cm³/mol. The number of carbonyl (C=O) groups is 2. The van der Waals surface area contributed by atoms with E-state index in [0.29, 0.717) is 25.9 Å². The Kier molecular flexibility index (Phi) is 4.41. The number of carboxylic acid groups (broad SMARTS) is 1. The third-order valence-corrected chi connectivity index (χ3v) is 3.37. The van der Waals surface area contributed by atoms with E-state index in [1.165, 1.54) is 0 Å². The molecule has 18 heavy (non-hydrogen) atoms. The fourth-order valence-electron chi connectivity index (χ4n) is 2.35. The van der Waals surface area contributed by atoms with Crippen molar-refractivity contribution in [2.75, 3.05) is 19.7 Å². The first kappa shape index (κ1) is 13.1. The highest BCUT2D eigenvalue weighted by atomic mass is 16.6. The summed E-state index contributed by atoms with van der Waals surface area (Å²) in [6.07, 6.45) is 2.72. The molecule has 1 N–H and O–H groups in total. The van der Waals surface area contributed by atoms with Crippen molar-refractivity contribution in [1.82, 2.24) is 4.90 Å². The molecule has 0 radical (unpaired) electrons. The van der Waals surface area contributed by atoms with Crippen molar-refractivity contribution in [3.8, 4) is 0 Å². The molecule has 0 aromatic carbocycles. The SMILES string of the molecule is O=C(O)CCC1CCN(CC2CCCO2)C(=O)O1. The molecule has 2 aliphatic rings. The van der Waals surface area contributed by atoms with Crippen molar-refractivity contribution >= 4 is 12.1 Å². The van der Waals surface area contributed by atoms with Gasteiger partial charge in [0.05, 0.1) is 12.6 Å². The normalized spacial score (nSPS) is 28.2. The van der Waals surface area contributed by atoms with Gasteiger partial charge in [0.2, 0.25) is 0 Å². The van der Waals surface area contributed by atoms with Crippen molar-refractivity contribution in [2.45, 2.75) is 44.3 Å². The minimum Gasteiger partial charge on any atom is -0.481 e. The van der Waals surface area contributed by atoms with Gasteiger partial charge in [0.25, 0.3) is 0 Å². The summed E-state index contributed by atoms with van der Waals surface area (Å²) < 4.78 is 10.7. The molecule has 2 rings (SSSR count). The lowest BCUT2D eigenvalue weighted by Gasteiger charge is -2.32. The molecular formula is C12H19NO5. The van der Waals surface area contributed by atoms with Gasteiger partial charge in [-0.25, -0.2) is 4.79 Å². The molecule has 2 atom stereocenters. The van der Waals surface area contributed by atoms with E-state index in [0.717, 1.165) is 19.4 Å². The van der Waals surface area contributed by atoms with E-state index in [-0.39, 0.29) is 24.7 Å². The first-order valence-electron chi connectivity index (χ1n) is 6.44. The highest BCUT2D eigenvalue weighted by Gasteiger charge is 2.30. The Morgan fingerprint density at radius 2 is 2.22 bits per heavy atom. The van der Waals surface area contributed by atoms with Crippen LogP contribution in [0.5, 0.6) is 0 Å². The molecule has 0 aromatic rings. The molecule has 0 saturated carbocycles. The van der Waals surface area contributed by atoms with Crippen LogP contribution >= 0.6 is 0 Å². The molecule has 0 bridgehead atoms. The van der Waals surface area contributed by atoms with Gasteiger partial charge in [-0.15, -0.1) is 0 Å². The summed E-state index contributed by atoms with van der Waals surface area (Å²) in [5.41, 5.74) is 0. The lowest BCUT2D eigenvalue weighted by molar-refractivity contribution is -0.137. The van der Waals surface area contributed by atoms with Crippen molar-refractivity contribution in [3.63, 3.8) is 0 Å². The second-order valence-electron chi connectivity index (χ2n) is 4.81. The van der Waals surface area contributed by atoms with Crippen LogP contribution in [0.2, 0.25) is 0 Å². The monoisotopic (exact) mass is 257 g/mol. The lowest BCUT2D eigenvalue weighted by atomic mass is 10.1. The van der Waals surface area contributed by atoms with Crippen LogP contribution in [0, 0.1) is 0 Å². The lowest BCUT2D eigenvalue weighted by Crippen LogP contribution is -2.45. The summed E-state index contributed by atoms with van der Waals surface area (Å²) in [5.74, 6) is -0.854. The number of aliphatic carboxylic acids is 1. The van der Waals surface area contributed by atoms with Crippen LogP contribution < -0.4 is 0 Å². The maximum absolute atomic E-state index is 11.7. The van der Waals surface area contributed by atoms with Gasteiger partial charge in [0.15, 0.2) is 0 Å². The van der Waals surface area contributed by atoms with Gasteiger partial charge in [-0.2, -0.15) is 0 Å². The first-order valence-corrected chi connectivity index (χ1v) is 6.44. The maximum Gasteiger partial charge on any atom is 0.410 e. The molecule has 2 aliphatic heterocycles. The molecular weight excluding hydrogens is 238 g/mol. The van der Waals surface area contributed by atoms with E-state index in [2.05, 4.69) is 0 Å². The standard InChI is InChI=1S/C12H19NO5/c14-11(15)4-3-9-5-6-13(12(16)18-9)8-10-2-1-7-17-10/h9-10H,1-8H2,(H,14,15). The van der Waals surface area contributed by atoms with Gasteiger partial charge in [0.1, 0.15) is 6.10 Å². The quantitative estimate of drug-likeness (QED) is 0.802. The second-order valence-corrected chi connectivity index (χ2v) is 4.81. The maximum atomic E-state index is 11.7. The van der Waals surface area contributed by atoms with Crippen LogP contribution in [0.15, 0.2) is 0 Å². The van der Waals surface area contributed by atoms with Crippen molar-refractivity contribution in [2.24, 2.45) is 0 Å². The van der Waals surface area contributed by atoms with E-state index < -0.39 is 5.97 Å². The molecule has 0 aromatic heterocycles. The topological polar surface area (TPSA) is 76.1 Å². The van der Waals surface area contributed by atoms with Crippen molar-refractivity contribution in [1.29, 1.82) is 0 Å². The number of ether oxygens (including phenoxy) is 2. The molecule has 6 nitrogen and oxygen atoms in total. The van der Waals surface area contributed by atoms with Crippen molar-refractivity contribution < 1.29 is 24.2 Å². The number of rotatable bonds is 5. The van der Waals surface area contributed by atoms with Gasteiger partial charge in [0, 0.05) is 26.0 Å². The van der Waals surface area contributed by atoms with Gasteiger partial charge in [-0.1, -0.05) is 0 Å². The highest BCUT2D eigenvalue weighted by Crippen LogP contribution is 2.19. The first-order chi connectivity index (χ1) is 8.65. The Balaban J connectivity index is 1.73. The van der Waals surface area contributed by atoms with Gasteiger partial charge >= 0.3 is 12.1 Å². The van der Waals surface area contributed by atoms with Crippen molar-refractivity contribution in [3.05, 3.63) is 0 Å². The fourth-order valence-corrected chi connectivity index (χ4v) is 2.35. The van der Waals surface area contributed by atoms with E-state index in [4.69, 9.17) is 14.6 Å². The summed E-state index contributed by atoms with van der Waals surface area (Å²) in [6.45, 7) is 1.99. The molecule has 0 aliphatic carbocycles. The van der Waals surface area contributed by atoms with Crippen LogP contribution in [0.4, 0.5) is 4.79 Å². The summed E-state index contributed by atoms with van der Waals surface area (Å²) >= 11 is 0. The average molecular weight is 257 g/mol. The summed E-state index contributed by atoms with van der Waals surface area (Å²) in [4.78, 5) is 23.8. The highest BCUT2D eigenvalue weighted by molar-refractivity contribution is 5.69. The predicted octanol–water partition coefficient (Wildman–Crippen LogP) is 1.24. The average Bonchev–Trinajstić information content (AvgIpc) is 2.82. The molecule has 2 saturated heterocycles. The smallest absolute Gasteiger partial charge is 0.410 e. The Hall–Kier alpha value is -1.30. The molecule has 2 fully saturated rings. The Morgan fingerprint density at radius 1 is 1.39 bits per heavy atom. The Labute approximate surface area is 106 Å². The number of hydrogen-bond donors (Lipinski definition) is 1. The zero-order chi connectivity index (χ0) is 13.0. The molecule has 1 amide bonds. The molecule has 2 unspecified atom stereocenters. The number of carboxylic acids is 1. The van der Waals surface area contributed by atoms with Crippen LogP contribution in [-0.2, 0) is 14.3 Å². The van der Waals surface area contributed by atoms with Crippen LogP contribution in [0.3, 0.4) is 0 Å². The number of nitrogens with zero attached hydrogens (tertiary/aromatic N) is 1. The van der Waals surface area contributed by atoms with E-state index in [1.54, 1.807) is 4.90 Å². The van der Waals surface area contributed by atoms with Crippen LogP contribution in [0.25, 0.3) is 0 Å². The fraction of sp³-hybridized carbons (Fsp3) is 0.833. The van der Waals surface area contributed by atoms with E-state index in [1.807, 2.05) is 0 Å². The molecule has 0 spiro atoms. The molecule has 6 heteroatoms. The third kappa shape index (κ3) is 3.60. The Bertz CT molecular complexity index is 314. The number of carbonyl (C=O) groups excluding carboxylic acids is 1.